The second-order valence-corrected chi connectivity index (χ2v) is 6.25. The number of ether oxygens (including phenoxy) is 1. The maximum atomic E-state index is 6.43. The van der Waals surface area contributed by atoms with Gasteiger partial charge in [-0.05, 0) is 68.5 Å². The summed E-state index contributed by atoms with van der Waals surface area (Å²) >= 11 is 0. The van der Waals surface area contributed by atoms with E-state index in [1.165, 1.54) is 29.7 Å². The van der Waals surface area contributed by atoms with Gasteiger partial charge in [0.15, 0.2) is 0 Å². The second kappa shape index (κ2) is 6.70. The van der Waals surface area contributed by atoms with Gasteiger partial charge in [0.1, 0.15) is 11.5 Å². The van der Waals surface area contributed by atoms with Gasteiger partial charge in [-0.25, -0.2) is 0 Å². The fourth-order valence-corrected chi connectivity index (χ4v) is 3.25. The number of hydrogen-bond donors (Lipinski definition) is 1. The third kappa shape index (κ3) is 3.04. The van der Waals surface area contributed by atoms with Crippen LogP contribution >= 0.6 is 12.4 Å². The van der Waals surface area contributed by atoms with Crippen molar-refractivity contribution in [1.82, 2.24) is 4.98 Å². The van der Waals surface area contributed by atoms with Gasteiger partial charge in [0.25, 0.3) is 0 Å². The Labute approximate surface area is 148 Å². The lowest BCUT2D eigenvalue weighted by atomic mass is 9.93. The molecule has 3 nitrogen and oxygen atoms in total. The molecule has 0 saturated carbocycles. The zero-order valence-electron chi connectivity index (χ0n) is 13.7. The molecule has 0 radical (unpaired) electrons. The molecule has 0 saturated heterocycles. The van der Waals surface area contributed by atoms with Gasteiger partial charge in [0.05, 0.1) is 5.52 Å². The topological polar surface area (TPSA) is 48.1 Å². The SMILES string of the molecule is Cc1ccc(Oc2ccc3nc4c(c(N)c3c2)CCCC4)cc1.Cl. The number of rotatable bonds is 2. The van der Waals surface area contributed by atoms with Gasteiger partial charge in [-0.3, -0.25) is 4.98 Å². The molecule has 1 aliphatic rings. The Morgan fingerprint density at radius 3 is 2.46 bits per heavy atom. The molecule has 0 amide bonds. The van der Waals surface area contributed by atoms with Crippen molar-refractivity contribution < 1.29 is 4.74 Å². The monoisotopic (exact) mass is 340 g/mol. The van der Waals surface area contributed by atoms with E-state index in [2.05, 4.69) is 6.92 Å². The standard InChI is InChI=1S/C20H20N2O.ClH/c1-13-6-8-14(9-7-13)23-15-10-11-19-17(12-15)20(21)16-4-2-3-5-18(16)22-19;/h6-12H,2-5H2,1H3,(H2,21,22);1H. The zero-order chi connectivity index (χ0) is 15.8. The highest BCUT2D eigenvalue weighted by atomic mass is 35.5. The highest BCUT2D eigenvalue weighted by Gasteiger charge is 2.16. The van der Waals surface area contributed by atoms with Crippen molar-refractivity contribution >= 4 is 29.0 Å². The van der Waals surface area contributed by atoms with Crippen LogP contribution in [-0.2, 0) is 12.8 Å². The van der Waals surface area contributed by atoms with Gasteiger partial charge in [0, 0.05) is 16.8 Å². The lowest BCUT2D eigenvalue weighted by Crippen LogP contribution is -2.09. The Balaban J connectivity index is 0.00000169. The van der Waals surface area contributed by atoms with Crippen LogP contribution in [0.5, 0.6) is 11.5 Å². The van der Waals surface area contributed by atoms with Gasteiger partial charge in [-0.2, -0.15) is 0 Å². The van der Waals surface area contributed by atoms with Crippen LogP contribution in [0.3, 0.4) is 0 Å². The summed E-state index contributed by atoms with van der Waals surface area (Å²) in [4.78, 5) is 4.80. The first kappa shape index (κ1) is 16.6. The Kier molecular flexibility index (Phi) is 4.63. The molecule has 0 aliphatic heterocycles. The van der Waals surface area contributed by atoms with Crippen LogP contribution in [0.2, 0.25) is 0 Å². The van der Waals surface area contributed by atoms with Gasteiger partial charge in [0.2, 0.25) is 0 Å². The molecular weight excluding hydrogens is 320 g/mol. The van der Waals surface area contributed by atoms with E-state index < -0.39 is 0 Å². The number of halogens is 1. The predicted octanol–water partition coefficient (Wildman–Crippen LogP) is 5.22. The smallest absolute Gasteiger partial charge is 0.128 e. The van der Waals surface area contributed by atoms with E-state index in [0.29, 0.717) is 0 Å². The van der Waals surface area contributed by atoms with E-state index in [9.17, 15) is 0 Å². The first-order valence-electron chi connectivity index (χ1n) is 8.16. The second-order valence-electron chi connectivity index (χ2n) is 6.25. The maximum Gasteiger partial charge on any atom is 0.128 e. The summed E-state index contributed by atoms with van der Waals surface area (Å²) in [5.74, 6) is 1.63. The first-order chi connectivity index (χ1) is 11.2. The van der Waals surface area contributed by atoms with E-state index in [0.717, 1.165) is 40.9 Å². The minimum atomic E-state index is 0. The average molecular weight is 341 g/mol. The van der Waals surface area contributed by atoms with Gasteiger partial charge < -0.3 is 10.5 Å². The van der Waals surface area contributed by atoms with E-state index in [4.69, 9.17) is 15.5 Å². The predicted molar refractivity (Wildman–Crippen MR) is 101 cm³/mol. The van der Waals surface area contributed by atoms with E-state index in [-0.39, 0.29) is 12.4 Å². The first-order valence-corrected chi connectivity index (χ1v) is 8.16. The highest BCUT2D eigenvalue weighted by Crippen LogP contribution is 2.34. The minimum absolute atomic E-state index is 0. The summed E-state index contributed by atoms with van der Waals surface area (Å²) in [5.41, 5.74) is 11.9. The fraction of sp³-hybridized carbons (Fsp3) is 0.250. The molecule has 0 bridgehead atoms. The summed E-state index contributed by atoms with van der Waals surface area (Å²) in [6, 6.07) is 14.0. The summed E-state index contributed by atoms with van der Waals surface area (Å²) in [5, 5.41) is 0.996. The molecule has 1 aromatic heterocycles. The lowest BCUT2D eigenvalue weighted by Gasteiger charge is -2.18. The molecule has 1 heterocycles. The molecule has 124 valence electrons. The number of nitrogens with two attached hydrogens (primary N) is 1. The summed E-state index contributed by atoms with van der Waals surface area (Å²) < 4.78 is 5.96. The van der Waals surface area contributed by atoms with Gasteiger partial charge in [-0.15, -0.1) is 12.4 Å². The van der Waals surface area contributed by atoms with E-state index in [1.807, 2.05) is 42.5 Å². The van der Waals surface area contributed by atoms with Crippen LogP contribution in [0, 0.1) is 6.92 Å². The number of anilines is 1. The largest absolute Gasteiger partial charge is 0.457 e. The number of hydrogen-bond acceptors (Lipinski definition) is 3. The number of nitrogens with zero attached hydrogens (tertiary/aromatic N) is 1. The van der Waals surface area contributed by atoms with E-state index in [1.54, 1.807) is 0 Å². The number of benzene rings is 2. The molecular formula is C20H21ClN2O. The number of aryl methyl sites for hydroxylation is 2. The molecule has 3 aromatic rings. The maximum absolute atomic E-state index is 6.43. The van der Waals surface area contributed by atoms with E-state index >= 15 is 0 Å². The van der Waals surface area contributed by atoms with Crippen molar-refractivity contribution in [2.24, 2.45) is 0 Å². The summed E-state index contributed by atoms with van der Waals surface area (Å²) in [7, 11) is 0. The molecule has 0 spiro atoms. The molecule has 1 aliphatic carbocycles. The molecule has 2 N–H and O–H groups in total. The third-order valence-electron chi connectivity index (χ3n) is 4.53. The molecule has 0 unspecified atom stereocenters. The van der Waals surface area contributed by atoms with Crippen molar-refractivity contribution in [3.05, 3.63) is 59.3 Å². The van der Waals surface area contributed by atoms with Crippen molar-refractivity contribution in [2.45, 2.75) is 32.6 Å². The van der Waals surface area contributed by atoms with Crippen LogP contribution in [0.1, 0.15) is 29.7 Å². The lowest BCUT2D eigenvalue weighted by molar-refractivity contribution is 0.483. The molecule has 0 fully saturated rings. The number of fused-ring (bicyclic) bond motifs is 2. The Bertz CT molecular complexity index is 875. The molecule has 24 heavy (non-hydrogen) atoms. The average Bonchev–Trinajstić information content (AvgIpc) is 2.58. The molecule has 4 rings (SSSR count). The third-order valence-corrected chi connectivity index (χ3v) is 4.53. The van der Waals surface area contributed by atoms with Crippen molar-refractivity contribution in [2.75, 3.05) is 5.73 Å². The normalized spacial score (nSPS) is 13.2. The van der Waals surface area contributed by atoms with Crippen LogP contribution in [0.15, 0.2) is 42.5 Å². The molecule has 2 aromatic carbocycles. The van der Waals surface area contributed by atoms with Crippen LogP contribution in [0.4, 0.5) is 5.69 Å². The minimum Gasteiger partial charge on any atom is -0.457 e. The van der Waals surface area contributed by atoms with Crippen molar-refractivity contribution in [1.29, 1.82) is 0 Å². The highest BCUT2D eigenvalue weighted by molar-refractivity contribution is 5.93. The zero-order valence-corrected chi connectivity index (χ0v) is 14.5. The quantitative estimate of drug-likeness (QED) is 0.695. The summed E-state index contributed by atoms with van der Waals surface area (Å²) in [6.07, 6.45) is 4.48. The fourth-order valence-electron chi connectivity index (χ4n) is 3.25. The van der Waals surface area contributed by atoms with Crippen LogP contribution < -0.4 is 10.5 Å². The van der Waals surface area contributed by atoms with Gasteiger partial charge >= 0.3 is 0 Å². The number of nitrogen functional groups attached to an aromatic ring is 1. The number of pyridine rings is 1. The Morgan fingerprint density at radius 1 is 0.958 bits per heavy atom. The van der Waals surface area contributed by atoms with Crippen LogP contribution in [0.25, 0.3) is 10.9 Å². The Hall–Kier alpha value is -2.26. The van der Waals surface area contributed by atoms with Crippen LogP contribution in [-0.4, -0.2) is 4.98 Å². The molecule has 0 atom stereocenters. The van der Waals surface area contributed by atoms with Crippen molar-refractivity contribution in [3.63, 3.8) is 0 Å². The van der Waals surface area contributed by atoms with Gasteiger partial charge in [-0.1, -0.05) is 17.7 Å². The number of aromatic nitrogens is 1. The van der Waals surface area contributed by atoms with Crippen molar-refractivity contribution in [3.8, 4) is 11.5 Å². The summed E-state index contributed by atoms with van der Waals surface area (Å²) in [6.45, 7) is 2.06. The Morgan fingerprint density at radius 2 is 1.67 bits per heavy atom. The molecule has 4 heteroatoms.